The molecule has 0 aliphatic heterocycles. The molecule has 0 nitrogen and oxygen atoms in total. The fourth-order valence-corrected chi connectivity index (χ4v) is 2.43. The minimum atomic E-state index is 0.838. The summed E-state index contributed by atoms with van der Waals surface area (Å²) in [5, 5.41) is 0.838. The second-order valence-corrected chi connectivity index (χ2v) is 4.92. The molecular weight excluding hydrogens is 228 g/mol. The van der Waals surface area contributed by atoms with Crippen LogP contribution in [0.2, 0.25) is 5.02 Å². The summed E-state index contributed by atoms with van der Waals surface area (Å²) in [4.78, 5) is 0. The third-order valence-corrected chi connectivity index (χ3v) is 3.72. The van der Waals surface area contributed by atoms with E-state index in [2.05, 4.69) is 49.4 Å². The normalized spacial score (nSPS) is 13.4. The van der Waals surface area contributed by atoms with Crippen molar-refractivity contribution in [2.24, 2.45) is 0 Å². The molecule has 2 aromatic carbocycles. The molecule has 1 aliphatic carbocycles. The first-order valence-electron chi connectivity index (χ1n) is 5.79. The molecule has 0 aromatic heterocycles. The average molecular weight is 241 g/mol. The fourth-order valence-electron chi connectivity index (χ4n) is 2.31. The number of benzene rings is 2. The molecule has 0 heterocycles. The lowest BCUT2D eigenvalue weighted by Gasteiger charge is -2.05. The van der Waals surface area contributed by atoms with Crippen molar-refractivity contribution >= 4 is 23.3 Å². The van der Waals surface area contributed by atoms with Gasteiger partial charge in [0.2, 0.25) is 0 Å². The summed E-state index contributed by atoms with van der Waals surface area (Å²) in [5.74, 6) is 0. The highest BCUT2D eigenvalue weighted by Gasteiger charge is 2.13. The van der Waals surface area contributed by atoms with E-state index in [1.165, 1.54) is 22.3 Å². The van der Waals surface area contributed by atoms with Crippen molar-refractivity contribution in [2.45, 2.75) is 13.3 Å². The van der Waals surface area contributed by atoms with Crippen LogP contribution in [0.15, 0.2) is 42.5 Å². The molecule has 1 aliphatic rings. The van der Waals surface area contributed by atoms with Crippen molar-refractivity contribution in [3.05, 3.63) is 69.7 Å². The number of rotatable bonds is 1. The van der Waals surface area contributed by atoms with Crippen molar-refractivity contribution in [1.29, 1.82) is 0 Å². The largest absolute Gasteiger partial charge is 0.0841 e. The Morgan fingerprint density at radius 2 is 1.88 bits per heavy atom. The van der Waals surface area contributed by atoms with Gasteiger partial charge >= 0.3 is 0 Å². The smallest absolute Gasteiger partial charge is 0.0435 e. The van der Waals surface area contributed by atoms with Crippen LogP contribution in [-0.4, -0.2) is 0 Å². The van der Waals surface area contributed by atoms with E-state index in [4.69, 9.17) is 11.6 Å². The Balaban J connectivity index is 2.01. The first kappa shape index (κ1) is 10.6. The minimum absolute atomic E-state index is 0.838. The van der Waals surface area contributed by atoms with Gasteiger partial charge in [0.15, 0.2) is 0 Å². The van der Waals surface area contributed by atoms with E-state index < -0.39 is 0 Å². The molecule has 0 saturated heterocycles. The molecule has 0 amide bonds. The second kappa shape index (κ2) is 4.05. The third kappa shape index (κ3) is 1.89. The van der Waals surface area contributed by atoms with Gasteiger partial charge in [-0.15, -0.1) is 0 Å². The molecule has 0 atom stereocenters. The van der Waals surface area contributed by atoms with E-state index in [1.807, 2.05) is 6.07 Å². The van der Waals surface area contributed by atoms with Crippen LogP contribution in [-0.2, 0) is 6.42 Å². The van der Waals surface area contributed by atoms with Gasteiger partial charge in [-0.05, 0) is 47.2 Å². The number of hydrogen-bond donors (Lipinski definition) is 0. The molecule has 3 rings (SSSR count). The van der Waals surface area contributed by atoms with E-state index in [9.17, 15) is 0 Å². The van der Waals surface area contributed by atoms with E-state index >= 15 is 0 Å². The van der Waals surface area contributed by atoms with E-state index in [0.717, 1.165) is 17.0 Å². The lowest BCUT2D eigenvalue weighted by molar-refractivity contribution is 1.31. The highest BCUT2D eigenvalue weighted by atomic mass is 35.5. The summed E-state index contributed by atoms with van der Waals surface area (Å²) in [7, 11) is 0. The molecule has 0 saturated carbocycles. The van der Waals surface area contributed by atoms with Gasteiger partial charge in [-0.2, -0.15) is 0 Å². The topological polar surface area (TPSA) is 0 Å². The Hall–Kier alpha value is -1.53. The number of allylic oxidation sites excluding steroid dienone is 1. The Morgan fingerprint density at radius 1 is 1.06 bits per heavy atom. The van der Waals surface area contributed by atoms with Gasteiger partial charge in [-0.25, -0.2) is 0 Å². The van der Waals surface area contributed by atoms with E-state index in [0.29, 0.717) is 0 Å². The zero-order valence-corrected chi connectivity index (χ0v) is 10.5. The number of aryl methyl sites for hydroxylation is 1. The molecule has 84 valence electrons. The van der Waals surface area contributed by atoms with Crippen molar-refractivity contribution in [3.8, 4) is 0 Å². The molecular formula is C16H13Cl. The standard InChI is InChI=1S/C16H13Cl/c1-11-8-14(6-7-16(11)17)15-9-12-4-2-3-5-13(12)10-15/h2-9H,10H2,1H3. The zero-order chi connectivity index (χ0) is 11.8. The van der Waals surface area contributed by atoms with Crippen LogP contribution in [0.3, 0.4) is 0 Å². The molecule has 0 bridgehead atoms. The van der Waals surface area contributed by atoms with E-state index in [-0.39, 0.29) is 0 Å². The van der Waals surface area contributed by atoms with Crippen LogP contribution in [0, 0.1) is 6.92 Å². The summed E-state index contributed by atoms with van der Waals surface area (Å²) >= 11 is 6.06. The summed E-state index contributed by atoms with van der Waals surface area (Å²) in [5.41, 5.74) is 6.56. The first-order valence-corrected chi connectivity index (χ1v) is 6.17. The average Bonchev–Trinajstić information content (AvgIpc) is 2.76. The zero-order valence-electron chi connectivity index (χ0n) is 9.70. The minimum Gasteiger partial charge on any atom is -0.0841 e. The summed E-state index contributed by atoms with van der Waals surface area (Å²) < 4.78 is 0. The predicted octanol–water partition coefficient (Wildman–Crippen LogP) is 4.75. The molecule has 0 N–H and O–H groups in total. The van der Waals surface area contributed by atoms with Gasteiger partial charge in [0.1, 0.15) is 0 Å². The SMILES string of the molecule is Cc1cc(C2=Cc3ccccc3C2)ccc1Cl. The molecule has 0 unspecified atom stereocenters. The van der Waals surface area contributed by atoms with Gasteiger partial charge < -0.3 is 0 Å². The van der Waals surface area contributed by atoms with Gasteiger partial charge in [0.25, 0.3) is 0 Å². The van der Waals surface area contributed by atoms with Crippen LogP contribution < -0.4 is 0 Å². The van der Waals surface area contributed by atoms with Crippen LogP contribution in [0.1, 0.15) is 22.3 Å². The Kier molecular flexibility index (Phi) is 2.53. The lowest BCUT2D eigenvalue weighted by atomic mass is 10.0. The van der Waals surface area contributed by atoms with Gasteiger partial charge in [-0.1, -0.05) is 54.1 Å². The Morgan fingerprint density at radius 3 is 2.65 bits per heavy atom. The Labute approximate surface area is 107 Å². The van der Waals surface area contributed by atoms with Gasteiger partial charge in [0.05, 0.1) is 0 Å². The molecule has 0 fully saturated rings. The summed E-state index contributed by atoms with van der Waals surface area (Å²) in [6.45, 7) is 2.05. The summed E-state index contributed by atoms with van der Waals surface area (Å²) in [6.07, 6.45) is 3.30. The predicted molar refractivity (Wildman–Crippen MR) is 74.2 cm³/mol. The maximum atomic E-state index is 6.06. The summed E-state index contributed by atoms with van der Waals surface area (Å²) in [6, 6.07) is 14.8. The number of fused-ring (bicyclic) bond motifs is 1. The maximum absolute atomic E-state index is 6.06. The van der Waals surface area contributed by atoms with Crippen LogP contribution >= 0.6 is 11.6 Å². The quantitative estimate of drug-likeness (QED) is 0.675. The Bertz CT molecular complexity index is 609. The van der Waals surface area contributed by atoms with E-state index in [1.54, 1.807) is 0 Å². The number of halogens is 1. The second-order valence-electron chi connectivity index (χ2n) is 4.51. The molecule has 0 spiro atoms. The van der Waals surface area contributed by atoms with Crippen molar-refractivity contribution in [2.75, 3.05) is 0 Å². The van der Waals surface area contributed by atoms with Gasteiger partial charge in [0, 0.05) is 5.02 Å². The highest BCUT2D eigenvalue weighted by molar-refractivity contribution is 6.31. The van der Waals surface area contributed by atoms with Crippen molar-refractivity contribution < 1.29 is 0 Å². The van der Waals surface area contributed by atoms with Crippen molar-refractivity contribution in [1.82, 2.24) is 0 Å². The first-order chi connectivity index (χ1) is 8.24. The molecule has 17 heavy (non-hydrogen) atoms. The van der Waals surface area contributed by atoms with Crippen LogP contribution in [0.25, 0.3) is 11.6 Å². The molecule has 2 aromatic rings. The monoisotopic (exact) mass is 240 g/mol. The number of hydrogen-bond acceptors (Lipinski definition) is 0. The fraction of sp³-hybridized carbons (Fsp3) is 0.125. The van der Waals surface area contributed by atoms with Crippen molar-refractivity contribution in [3.63, 3.8) is 0 Å². The lowest BCUT2D eigenvalue weighted by Crippen LogP contribution is -1.87. The van der Waals surface area contributed by atoms with Crippen LogP contribution in [0.4, 0.5) is 0 Å². The third-order valence-electron chi connectivity index (χ3n) is 3.29. The van der Waals surface area contributed by atoms with Gasteiger partial charge in [-0.3, -0.25) is 0 Å². The maximum Gasteiger partial charge on any atom is 0.0435 e. The molecule has 1 heteroatoms. The highest BCUT2D eigenvalue weighted by Crippen LogP contribution is 2.32. The molecule has 0 radical (unpaired) electrons. The van der Waals surface area contributed by atoms with Crippen LogP contribution in [0.5, 0.6) is 0 Å².